The molecule has 0 rings (SSSR count). The van der Waals surface area contributed by atoms with Crippen LogP contribution in [-0.2, 0) is 23.7 Å². The summed E-state index contributed by atoms with van der Waals surface area (Å²) in [6.07, 6.45) is 22.6. The van der Waals surface area contributed by atoms with Gasteiger partial charge in [-0.1, -0.05) is 75.7 Å². The van der Waals surface area contributed by atoms with Gasteiger partial charge in [0.2, 0.25) is 0 Å². The molecule has 264 valence electrons. The van der Waals surface area contributed by atoms with E-state index in [1.807, 2.05) is 27.7 Å². The third kappa shape index (κ3) is 29.1. The van der Waals surface area contributed by atoms with Crippen LogP contribution in [0.2, 0.25) is 0 Å². The molecule has 0 radical (unpaired) electrons. The maximum absolute atomic E-state index is 10.7. The number of allylic oxidation sites excluding steroid dienone is 4. The Balaban J connectivity index is 4.99. The molecule has 0 spiro atoms. The Morgan fingerprint density at radius 2 is 0.689 bits per heavy atom. The third-order valence-electron chi connectivity index (χ3n) is 7.17. The predicted molar refractivity (Wildman–Crippen MR) is 180 cm³/mol. The van der Waals surface area contributed by atoms with Gasteiger partial charge in [-0.15, -0.1) is 0 Å². The summed E-state index contributed by atoms with van der Waals surface area (Å²) in [5, 5.41) is 41.4. The van der Waals surface area contributed by atoms with Gasteiger partial charge in [0.05, 0.1) is 61.7 Å². The summed E-state index contributed by atoms with van der Waals surface area (Å²) in [7, 11) is 0. The number of aliphatic hydroxyl groups excluding tert-OH is 4. The van der Waals surface area contributed by atoms with Crippen LogP contribution in [0.1, 0.15) is 118 Å². The predicted octanol–water partition coefficient (Wildman–Crippen LogP) is 6.85. The van der Waals surface area contributed by atoms with Crippen molar-refractivity contribution in [1.82, 2.24) is 0 Å². The van der Waals surface area contributed by atoms with Crippen molar-refractivity contribution in [2.45, 2.75) is 154 Å². The highest BCUT2D eigenvalue weighted by atomic mass is 16.5. The van der Waals surface area contributed by atoms with Crippen LogP contribution < -0.4 is 0 Å². The van der Waals surface area contributed by atoms with E-state index in [4.69, 9.17) is 23.7 Å². The van der Waals surface area contributed by atoms with Crippen molar-refractivity contribution >= 4 is 0 Å². The number of rotatable bonds is 32. The van der Waals surface area contributed by atoms with E-state index in [0.717, 1.165) is 64.2 Å². The largest absolute Gasteiger partial charge is 0.499 e. The number of aliphatic hydroxyl groups is 4. The zero-order valence-electron chi connectivity index (χ0n) is 28.6. The number of hydrogen-bond donors (Lipinski definition) is 4. The maximum Gasteiger partial charge on any atom is 0.113 e. The summed E-state index contributed by atoms with van der Waals surface area (Å²) >= 11 is 0. The van der Waals surface area contributed by atoms with E-state index in [2.05, 4.69) is 0 Å². The summed E-state index contributed by atoms with van der Waals surface area (Å²) < 4.78 is 28.0. The monoisotopic (exact) mass is 642 g/mol. The Kier molecular flexibility index (Phi) is 30.5. The molecule has 0 aliphatic heterocycles. The highest BCUT2D eigenvalue weighted by Gasteiger charge is 2.23. The van der Waals surface area contributed by atoms with E-state index in [1.165, 1.54) is 0 Å². The number of ether oxygens (including phenoxy) is 5. The lowest BCUT2D eigenvalue weighted by Gasteiger charge is -2.28. The van der Waals surface area contributed by atoms with Gasteiger partial charge in [-0.2, -0.15) is 0 Å². The van der Waals surface area contributed by atoms with Crippen molar-refractivity contribution in [3.63, 3.8) is 0 Å². The molecule has 0 saturated heterocycles. The van der Waals surface area contributed by atoms with Crippen molar-refractivity contribution in [2.75, 3.05) is 26.4 Å². The van der Waals surface area contributed by atoms with Crippen molar-refractivity contribution in [3.8, 4) is 0 Å². The molecule has 0 amide bonds. The molecule has 0 aromatic carbocycles. The molecule has 0 bridgehead atoms. The van der Waals surface area contributed by atoms with E-state index in [9.17, 15) is 20.4 Å². The Hall–Kier alpha value is -2.04. The standard InChI is InChI=1S/C36H66O9/c1-5-21-41-27-31(37)17-13-9-11-15-19-35(25-33(39)29-43-23-7-3)45-36(26-34(40)30-44-24-8-4)20-16-12-10-14-18-32(38)28-42-22-6-2/h5-8,21-24,31-40H,9-20,25-30H2,1-4H3. The maximum atomic E-state index is 10.7. The molecule has 0 aliphatic carbocycles. The summed E-state index contributed by atoms with van der Waals surface area (Å²) in [6.45, 7) is 8.51. The molecule has 45 heavy (non-hydrogen) atoms. The van der Waals surface area contributed by atoms with Crippen LogP contribution in [0.25, 0.3) is 0 Å². The molecule has 0 saturated carbocycles. The first-order chi connectivity index (χ1) is 21.9. The highest BCUT2D eigenvalue weighted by Crippen LogP contribution is 2.22. The van der Waals surface area contributed by atoms with E-state index in [-0.39, 0.29) is 25.4 Å². The van der Waals surface area contributed by atoms with Crippen molar-refractivity contribution in [3.05, 3.63) is 49.4 Å². The van der Waals surface area contributed by atoms with Crippen LogP contribution in [0.4, 0.5) is 0 Å². The second kappa shape index (κ2) is 31.9. The van der Waals surface area contributed by atoms with Gasteiger partial charge in [-0.05, 0) is 53.4 Å². The molecule has 0 heterocycles. The normalized spacial score (nSPS) is 16.4. The van der Waals surface area contributed by atoms with E-state index in [0.29, 0.717) is 38.9 Å². The first kappa shape index (κ1) is 43.0. The zero-order chi connectivity index (χ0) is 33.4. The Bertz CT molecular complexity index is 680. The van der Waals surface area contributed by atoms with Crippen LogP contribution >= 0.6 is 0 Å². The molecule has 0 aliphatic rings. The summed E-state index contributed by atoms with van der Waals surface area (Å²) in [4.78, 5) is 0. The fraction of sp³-hybridized carbons (Fsp3) is 0.778. The van der Waals surface area contributed by atoms with Gasteiger partial charge < -0.3 is 44.1 Å². The first-order valence-corrected chi connectivity index (χ1v) is 17.1. The molecule has 6 atom stereocenters. The average Bonchev–Trinajstić information content (AvgIpc) is 3.00. The summed E-state index contributed by atoms with van der Waals surface area (Å²) in [5.74, 6) is 0. The zero-order valence-corrected chi connectivity index (χ0v) is 28.6. The quantitative estimate of drug-likeness (QED) is 0.0460. The van der Waals surface area contributed by atoms with Crippen molar-refractivity contribution in [2.24, 2.45) is 0 Å². The average molecular weight is 643 g/mol. The van der Waals surface area contributed by atoms with Gasteiger partial charge in [0.1, 0.15) is 26.4 Å². The van der Waals surface area contributed by atoms with Crippen LogP contribution in [-0.4, -0.2) is 83.5 Å². The molecule has 6 unspecified atom stereocenters. The summed E-state index contributed by atoms with van der Waals surface area (Å²) in [6, 6.07) is 0. The topological polar surface area (TPSA) is 127 Å². The molecule has 0 aromatic heterocycles. The lowest BCUT2D eigenvalue weighted by atomic mass is 10.0. The number of hydrogen-bond acceptors (Lipinski definition) is 9. The smallest absolute Gasteiger partial charge is 0.113 e. The van der Waals surface area contributed by atoms with Gasteiger partial charge in [0.25, 0.3) is 0 Å². The molecule has 0 aromatic rings. The Morgan fingerprint density at radius 1 is 0.400 bits per heavy atom. The second-order valence-corrected chi connectivity index (χ2v) is 11.7. The second-order valence-electron chi connectivity index (χ2n) is 11.7. The molecule has 4 N–H and O–H groups in total. The van der Waals surface area contributed by atoms with E-state index >= 15 is 0 Å². The van der Waals surface area contributed by atoms with Gasteiger partial charge in [0, 0.05) is 12.8 Å². The van der Waals surface area contributed by atoms with Crippen LogP contribution in [0.3, 0.4) is 0 Å². The van der Waals surface area contributed by atoms with Gasteiger partial charge in [-0.25, -0.2) is 0 Å². The van der Waals surface area contributed by atoms with Crippen molar-refractivity contribution < 1.29 is 44.1 Å². The fourth-order valence-electron chi connectivity index (χ4n) is 4.93. The molecule has 9 nitrogen and oxygen atoms in total. The minimum absolute atomic E-state index is 0.171. The minimum Gasteiger partial charge on any atom is -0.499 e. The summed E-state index contributed by atoms with van der Waals surface area (Å²) in [5.41, 5.74) is 0. The molecule has 9 heteroatoms. The van der Waals surface area contributed by atoms with E-state index < -0.39 is 24.4 Å². The van der Waals surface area contributed by atoms with Gasteiger partial charge in [-0.3, -0.25) is 0 Å². The van der Waals surface area contributed by atoms with Gasteiger partial charge in [0.15, 0.2) is 0 Å². The van der Waals surface area contributed by atoms with Crippen molar-refractivity contribution in [1.29, 1.82) is 0 Å². The Labute approximate surface area is 273 Å². The molecular weight excluding hydrogens is 576 g/mol. The lowest BCUT2D eigenvalue weighted by molar-refractivity contribution is -0.0722. The van der Waals surface area contributed by atoms with Crippen LogP contribution in [0, 0.1) is 0 Å². The molecular formula is C36H66O9. The van der Waals surface area contributed by atoms with Crippen LogP contribution in [0.5, 0.6) is 0 Å². The third-order valence-corrected chi connectivity index (χ3v) is 7.17. The lowest BCUT2D eigenvalue weighted by Crippen LogP contribution is -2.31. The highest BCUT2D eigenvalue weighted by molar-refractivity contribution is 4.75. The van der Waals surface area contributed by atoms with Crippen LogP contribution in [0.15, 0.2) is 49.4 Å². The minimum atomic E-state index is -0.662. The SMILES string of the molecule is CC=COCC(O)CCCCCCC(CC(O)COC=CC)OC(CCCCCCC(O)COC=CC)CC(O)COC=CC. The Morgan fingerprint density at radius 3 is 1.00 bits per heavy atom. The van der Waals surface area contributed by atoms with Gasteiger partial charge >= 0.3 is 0 Å². The fourth-order valence-corrected chi connectivity index (χ4v) is 4.93. The first-order valence-electron chi connectivity index (χ1n) is 17.1. The number of unbranched alkanes of at least 4 members (excludes halogenated alkanes) is 6. The molecule has 0 fully saturated rings. The van der Waals surface area contributed by atoms with E-state index in [1.54, 1.807) is 49.4 Å².